The normalized spacial score (nSPS) is 10.0. The number of nitrogen functional groups attached to an aromatic ring is 1. The molecule has 0 bridgehead atoms. The lowest BCUT2D eigenvalue weighted by molar-refractivity contribution is 0.442. The van der Waals surface area contributed by atoms with Crippen LogP contribution in [-0.4, -0.2) is 0 Å². The topological polar surface area (TPSA) is 59.0 Å². The second-order valence-electron chi connectivity index (χ2n) is 4.00. The number of nitriles is 1. The van der Waals surface area contributed by atoms with E-state index >= 15 is 0 Å². The molecule has 2 aromatic rings. The molecule has 0 spiro atoms. The zero-order valence-corrected chi connectivity index (χ0v) is 10.1. The second-order valence-corrected chi connectivity index (χ2v) is 4.00. The predicted octanol–water partition coefficient (Wildman–Crippen LogP) is 3.52. The molecule has 0 unspecified atom stereocenters. The van der Waals surface area contributed by atoms with Crippen molar-refractivity contribution in [1.82, 2.24) is 0 Å². The van der Waals surface area contributed by atoms with Gasteiger partial charge in [-0.05, 0) is 36.8 Å². The third-order valence-electron chi connectivity index (χ3n) is 2.57. The fourth-order valence-electron chi connectivity index (χ4n) is 1.53. The van der Waals surface area contributed by atoms with Crippen molar-refractivity contribution in [1.29, 1.82) is 5.26 Å². The van der Waals surface area contributed by atoms with Gasteiger partial charge in [0.05, 0.1) is 17.3 Å². The van der Waals surface area contributed by atoms with Crippen LogP contribution in [0.1, 0.15) is 11.1 Å². The van der Waals surface area contributed by atoms with Crippen molar-refractivity contribution < 1.29 is 13.5 Å². The van der Waals surface area contributed by atoms with Crippen LogP contribution in [0.25, 0.3) is 0 Å². The van der Waals surface area contributed by atoms with Crippen molar-refractivity contribution in [2.24, 2.45) is 0 Å². The molecule has 2 rings (SSSR count). The summed E-state index contributed by atoms with van der Waals surface area (Å²) in [6.45, 7) is 1.55. The van der Waals surface area contributed by atoms with Crippen LogP contribution in [0.2, 0.25) is 0 Å². The molecule has 0 fully saturated rings. The molecule has 3 nitrogen and oxygen atoms in total. The maximum Gasteiger partial charge on any atom is 0.167 e. The van der Waals surface area contributed by atoms with Gasteiger partial charge in [-0.25, -0.2) is 8.78 Å². The van der Waals surface area contributed by atoms with Crippen molar-refractivity contribution in [2.45, 2.75) is 6.92 Å². The Kier molecular flexibility index (Phi) is 3.34. The number of halogens is 2. The smallest absolute Gasteiger partial charge is 0.167 e. The van der Waals surface area contributed by atoms with Gasteiger partial charge in [-0.15, -0.1) is 0 Å². The molecule has 5 heteroatoms. The van der Waals surface area contributed by atoms with Gasteiger partial charge >= 0.3 is 0 Å². The Morgan fingerprint density at radius 2 is 1.84 bits per heavy atom. The molecule has 0 aliphatic heterocycles. The van der Waals surface area contributed by atoms with E-state index in [0.29, 0.717) is 5.56 Å². The molecule has 96 valence electrons. The van der Waals surface area contributed by atoms with E-state index in [-0.39, 0.29) is 22.7 Å². The lowest BCUT2D eigenvalue weighted by Gasteiger charge is -2.10. The van der Waals surface area contributed by atoms with Crippen LogP contribution in [0.15, 0.2) is 30.3 Å². The number of hydrogen-bond acceptors (Lipinski definition) is 3. The first-order valence-electron chi connectivity index (χ1n) is 5.44. The van der Waals surface area contributed by atoms with Gasteiger partial charge in [-0.1, -0.05) is 0 Å². The third kappa shape index (κ3) is 2.63. The zero-order chi connectivity index (χ0) is 14.0. The lowest BCUT2D eigenvalue weighted by Crippen LogP contribution is -1.96. The Morgan fingerprint density at radius 1 is 1.11 bits per heavy atom. The first-order valence-corrected chi connectivity index (χ1v) is 5.44. The molecular weight excluding hydrogens is 250 g/mol. The van der Waals surface area contributed by atoms with Crippen LogP contribution < -0.4 is 10.5 Å². The summed E-state index contributed by atoms with van der Waals surface area (Å²) in [6.07, 6.45) is 0. The molecule has 0 amide bonds. The fraction of sp³-hybridized carbons (Fsp3) is 0.0714. The van der Waals surface area contributed by atoms with E-state index in [0.717, 1.165) is 12.1 Å². The van der Waals surface area contributed by atoms with Gasteiger partial charge in [0.1, 0.15) is 5.82 Å². The van der Waals surface area contributed by atoms with E-state index in [4.69, 9.17) is 15.7 Å². The Balaban J connectivity index is 2.37. The lowest BCUT2D eigenvalue weighted by atomic mass is 10.2. The Hall–Kier alpha value is -2.61. The largest absolute Gasteiger partial charge is 0.452 e. The molecule has 0 atom stereocenters. The molecule has 0 saturated carbocycles. The SMILES string of the molecule is Cc1cc(Oc2ccc(C#N)cc2F)c(N)cc1F. The van der Waals surface area contributed by atoms with Crippen LogP contribution in [-0.2, 0) is 0 Å². The summed E-state index contributed by atoms with van der Waals surface area (Å²) >= 11 is 0. The van der Waals surface area contributed by atoms with Crippen molar-refractivity contribution in [3.8, 4) is 17.6 Å². The van der Waals surface area contributed by atoms with Gasteiger partial charge in [0, 0.05) is 6.07 Å². The average Bonchev–Trinajstić information content (AvgIpc) is 2.38. The molecule has 2 N–H and O–H groups in total. The first kappa shape index (κ1) is 12.8. The minimum Gasteiger partial charge on any atom is -0.452 e. The summed E-state index contributed by atoms with van der Waals surface area (Å²) in [5, 5.41) is 8.63. The quantitative estimate of drug-likeness (QED) is 0.840. The van der Waals surface area contributed by atoms with Crippen molar-refractivity contribution >= 4 is 5.69 Å². The number of aryl methyl sites for hydroxylation is 1. The Morgan fingerprint density at radius 3 is 2.47 bits per heavy atom. The minimum absolute atomic E-state index is 0.0725. The van der Waals surface area contributed by atoms with Gasteiger partial charge in [0.25, 0.3) is 0 Å². The summed E-state index contributed by atoms with van der Waals surface area (Å²) in [6, 6.07) is 8.13. The Bertz CT molecular complexity index is 678. The Labute approximate surface area is 108 Å². The van der Waals surface area contributed by atoms with Crippen molar-refractivity contribution in [3.63, 3.8) is 0 Å². The van der Waals surface area contributed by atoms with Crippen molar-refractivity contribution in [3.05, 3.63) is 53.1 Å². The predicted molar refractivity (Wildman–Crippen MR) is 66.7 cm³/mol. The van der Waals surface area contributed by atoms with E-state index in [9.17, 15) is 8.78 Å². The summed E-state index contributed by atoms with van der Waals surface area (Å²) in [7, 11) is 0. The van der Waals surface area contributed by atoms with E-state index < -0.39 is 11.6 Å². The molecule has 19 heavy (non-hydrogen) atoms. The highest BCUT2D eigenvalue weighted by atomic mass is 19.1. The maximum absolute atomic E-state index is 13.6. The third-order valence-corrected chi connectivity index (χ3v) is 2.57. The van der Waals surface area contributed by atoms with Crippen LogP contribution in [0.4, 0.5) is 14.5 Å². The first-order chi connectivity index (χ1) is 9.01. The van der Waals surface area contributed by atoms with E-state index in [2.05, 4.69) is 0 Å². The number of anilines is 1. The highest BCUT2D eigenvalue weighted by Gasteiger charge is 2.10. The van der Waals surface area contributed by atoms with Crippen LogP contribution in [0, 0.1) is 29.9 Å². The molecule has 0 aliphatic rings. The number of hydrogen-bond donors (Lipinski definition) is 1. The molecule has 0 aromatic heterocycles. The van der Waals surface area contributed by atoms with Gasteiger partial charge in [-0.3, -0.25) is 0 Å². The monoisotopic (exact) mass is 260 g/mol. The number of ether oxygens (including phenoxy) is 1. The molecular formula is C14H10F2N2O. The number of benzene rings is 2. The maximum atomic E-state index is 13.6. The minimum atomic E-state index is -0.680. The van der Waals surface area contributed by atoms with E-state index in [1.165, 1.54) is 18.2 Å². The summed E-state index contributed by atoms with van der Waals surface area (Å²) < 4.78 is 32.2. The summed E-state index contributed by atoms with van der Waals surface area (Å²) in [5.74, 6) is -1.04. The second kappa shape index (κ2) is 4.94. The molecule has 0 aliphatic carbocycles. The highest BCUT2D eigenvalue weighted by molar-refractivity contribution is 5.56. The molecule has 0 radical (unpaired) electrons. The van der Waals surface area contributed by atoms with Gasteiger partial charge < -0.3 is 10.5 Å². The number of nitrogens with zero attached hydrogens (tertiary/aromatic N) is 1. The van der Waals surface area contributed by atoms with Gasteiger partial charge in [-0.2, -0.15) is 5.26 Å². The average molecular weight is 260 g/mol. The van der Waals surface area contributed by atoms with Crippen LogP contribution in [0.5, 0.6) is 11.5 Å². The van der Waals surface area contributed by atoms with Crippen LogP contribution in [0.3, 0.4) is 0 Å². The number of nitrogens with two attached hydrogens (primary N) is 1. The highest BCUT2D eigenvalue weighted by Crippen LogP contribution is 2.31. The molecule has 0 saturated heterocycles. The zero-order valence-electron chi connectivity index (χ0n) is 10.1. The summed E-state index contributed by atoms with van der Waals surface area (Å²) in [4.78, 5) is 0. The molecule has 2 aromatic carbocycles. The van der Waals surface area contributed by atoms with Crippen LogP contribution >= 0.6 is 0 Å². The number of rotatable bonds is 2. The fourth-order valence-corrected chi connectivity index (χ4v) is 1.53. The van der Waals surface area contributed by atoms with E-state index in [1.807, 2.05) is 6.07 Å². The van der Waals surface area contributed by atoms with Gasteiger partial charge in [0.15, 0.2) is 17.3 Å². The van der Waals surface area contributed by atoms with Gasteiger partial charge in [0.2, 0.25) is 0 Å². The van der Waals surface area contributed by atoms with E-state index in [1.54, 1.807) is 6.92 Å². The molecule has 0 heterocycles. The van der Waals surface area contributed by atoms with Crippen molar-refractivity contribution in [2.75, 3.05) is 5.73 Å². The summed E-state index contributed by atoms with van der Waals surface area (Å²) in [5.41, 5.74) is 6.21. The standard InChI is InChI=1S/C14H10F2N2O/c1-8-4-14(12(18)6-10(8)15)19-13-3-2-9(7-17)5-11(13)16/h2-6H,18H2,1H3.